The number of allylic oxidation sites excluding steroid dienone is 1. The van der Waals surface area contributed by atoms with Crippen LogP contribution in [-0.2, 0) is 6.42 Å². The fourth-order valence-electron chi connectivity index (χ4n) is 4.56. The minimum absolute atomic E-state index is 0.131. The Hall–Kier alpha value is -4.19. The second-order valence-corrected chi connectivity index (χ2v) is 9.40. The summed E-state index contributed by atoms with van der Waals surface area (Å²) < 4.78 is 5.81. The van der Waals surface area contributed by atoms with Crippen molar-refractivity contribution in [3.8, 4) is 11.4 Å². The molecule has 0 saturated heterocycles. The number of urea groups is 1. The Morgan fingerprint density at radius 1 is 0.917 bits per heavy atom. The van der Waals surface area contributed by atoms with Gasteiger partial charge in [0.25, 0.3) is 5.89 Å². The molecule has 0 aliphatic carbocycles. The Kier molecular flexibility index (Phi) is 6.42. The molecule has 6 nitrogen and oxygen atoms in total. The van der Waals surface area contributed by atoms with Gasteiger partial charge < -0.3 is 9.84 Å². The summed E-state index contributed by atoms with van der Waals surface area (Å²) in [6.07, 6.45) is 0.742. The van der Waals surface area contributed by atoms with Crippen molar-refractivity contribution in [2.75, 3.05) is 6.54 Å². The average molecular weight is 479 g/mol. The van der Waals surface area contributed by atoms with Gasteiger partial charge >= 0.3 is 6.03 Å². The highest BCUT2D eigenvalue weighted by Gasteiger charge is 2.35. The predicted molar refractivity (Wildman–Crippen MR) is 141 cm³/mol. The van der Waals surface area contributed by atoms with Crippen LogP contribution in [0.2, 0.25) is 0 Å². The standard InChI is InChI=1S/C30H30N4O2/c1-19-10-13-24(14-11-19)28-32-29(36-33-28)26-22(4)34(17-16-23-8-6-5-7-9-23)30(35)31-27(26)25-15-12-20(2)21(3)18-25/h5-15,18,27H,16-17H2,1-4H3,(H,31,35). The molecule has 1 N–H and O–H groups in total. The molecule has 4 aromatic rings. The number of nitrogens with one attached hydrogen (secondary N) is 1. The first-order valence-electron chi connectivity index (χ1n) is 12.2. The zero-order valence-corrected chi connectivity index (χ0v) is 21.1. The largest absolute Gasteiger partial charge is 0.334 e. The highest BCUT2D eigenvalue weighted by atomic mass is 16.5. The summed E-state index contributed by atoms with van der Waals surface area (Å²) in [7, 11) is 0. The quantitative estimate of drug-likeness (QED) is 0.348. The van der Waals surface area contributed by atoms with Crippen molar-refractivity contribution in [2.45, 2.75) is 40.2 Å². The summed E-state index contributed by atoms with van der Waals surface area (Å²) in [5, 5.41) is 7.47. The van der Waals surface area contributed by atoms with Crippen LogP contribution in [0.3, 0.4) is 0 Å². The first kappa shape index (κ1) is 23.5. The summed E-state index contributed by atoms with van der Waals surface area (Å²) >= 11 is 0. The molecule has 1 unspecified atom stereocenters. The zero-order valence-electron chi connectivity index (χ0n) is 21.1. The minimum atomic E-state index is -0.393. The molecule has 2 heterocycles. The summed E-state index contributed by atoms with van der Waals surface area (Å²) in [4.78, 5) is 19.8. The molecule has 6 heteroatoms. The second kappa shape index (κ2) is 9.82. The number of aromatic nitrogens is 2. The van der Waals surface area contributed by atoms with Gasteiger partial charge in [0.15, 0.2) is 0 Å². The molecule has 0 saturated carbocycles. The van der Waals surface area contributed by atoms with Crippen molar-refractivity contribution in [2.24, 2.45) is 0 Å². The molecule has 0 bridgehead atoms. The zero-order chi connectivity index (χ0) is 25.2. The normalized spacial score (nSPS) is 15.8. The van der Waals surface area contributed by atoms with Crippen LogP contribution in [0, 0.1) is 20.8 Å². The van der Waals surface area contributed by atoms with Gasteiger partial charge in [-0.25, -0.2) is 4.79 Å². The molecule has 5 rings (SSSR count). The fraction of sp³-hybridized carbons (Fsp3) is 0.233. The van der Waals surface area contributed by atoms with E-state index in [1.807, 2.05) is 56.3 Å². The van der Waals surface area contributed by atoms with E-state index in [0.717, 1.165) is 34.4 Å². The van der Waals surface area contributed by atoms with E-state index in [9.17, 15) is 4.79 Å². The Bertz CT molecular complexity index is 1420. The van der Waals surface area contributed by atoms with Gasteiger partial charge in [0.2, 0.25) is 5.82 Å². The molecule has 2 amide bonds. The van der Waals surface area contributed by atoms with Crippen molar-refractivity contribution in [3.05, 3.63) is 112 Å². The lowest BCUT2D eigenvalue weighted by Gasteiger charge is -2.35. The number of carbonyl (C=O) groups is 1. The number of rotatable bonds is 6. The number of carbonyl (C=O) groups excluding carboxylic acids is 1. The Morgan fingerprint density at radius 2 is 1.67 bits per heavy atom. The molecule has 3 aromatic carbocycles. The van der Waals surface area contributed by atoms with E-state index in [1.165, 1.54) is 16.7 Å². The summed E-state index contributed by atoms with van der Waals surface area (Å²) in [6, 6.07) is 23.9. The van der Waals surface area contributed by atoms with E-state index in [4.69, 9.17) is 9.51 Å². The van der Waals surface area contributed by atoms with E-state index in [1.54, 1.807) is 4.90 Å². The number of hydrogen-bond donors (Lipinski definition) is 1. The molecular formula is C30H30N4O2. The summed E-state index contributed by atoms with van der Waals surface area (Å²) in [5.74, 6) is 0.938. The van der Waals surface area contributed by atoms with Gasteiger partial charge in [0.05, 0.1) is 11.6 Å². The summed E-state index contributed by atoms with van der Waals surface area (Å²) in [6.45, 7) is 8.71. The molecule has 0 fully saturated rings. The van der Waals surface area contributed by atoms with Crippen LogP contribution >= 0.6 is 0 Å². The lowest BCUT2D eigenvalue weighted by Crippen LogP contribution is -2.46. The summed E-state index contributed by atoms with van der Waals surface area (Å²) in [5.41, 5.74) is 8.21. The first-order chi connectivity index (χ1) is 17.4. The molecule has 0 spiro atoms. The van der Waals surface area contributed by atoms with Gasteiger partial charge in [-0.15, -0.1) is 0 Å². The SMILES string of the molecule is CC1=C(c2nc(-c3ccc(C)cc3)no2)C(c2ccc(C)c(C)c2)NC(=O)N1CCc1ccccc1. The third-order valence-corrected chi connectivity index (χ3v) is 6.89. The van der Waals surface area contributed by atoms with Gasteiger partial charge in [-0.05, 0) is 56.4 Å². The van der Waals surface area contributed by atoms with Crippen LogP contribution in [0.1, 0.15) is 46.7 Å². The van der Waals surface area contributed by atoms with Crippen LogP contribution in [-0.4, -0.2) is 27.6 Å². The highest BCUT2D eigenvalue weighted by molar-refractivity contribution is 5.87. The van der Waals surface area contributed by atoms with E-state index in [0.29, 0.717) is 18.3 Å². The Balaban J connectivity index is 1.56. The lowest BCUT2D eigenvalue weighted by molar-refractivity contribution is 0.205. The van der Waals surface area contributed by atoms with Crippen molar-refractivity contribution in [3.63, 3.8) is 0 Å². The van der Waals surface area contributed by atoms with Crippen molar-refractivity contribution < 1.29 is 9.32 Å². The topological polar surface area (TPSA) is 71.3 Å². The molecular weight excluding hydrogens is 448 g/mol. The molecule has 1 aliphatic heterocycles. The monoisotopic (exact) mass is 478 g/mol. The Morgan fingerprint density at radius 3 is 2.39 bits per heavy atom. The van der Waals surface area contributed by atoms with Crippen LogP contribution in [0.4, 0.5) is 4.79 Å². The second-order valence-electron chi connectivity index (χ2n) is 9.40. The Labute approximate surface area is 211 Å². The van der Waals surface area contributed by atoms with E-state index < -0.39 is 6.04 Å². The highest BCUT2D eigenvalue weighted by Crippen LogP contribution is 2.38. The van der Waals surface area contributed by atoms with E-state index >= 15 is 0 Å². The van der Waals surface area contributed by atoms with E-state index in [-0.39, 0.29) is 6.03 Å². The van der Waals surface area contributed by atoms with Crippen molar-refractivity contribution in [1.82, 2.24) is 20.4 Å². The maximum absolute atomic E-state index is 13.3. The maximum Gasteiger partial charge on any atom is 0.322 e. The molecule has 182 valence electrons. The van der Waals surface area contributed by atoms with Gasteiger partial charge in [-0.3, -0.25) is 4.90 Å². The first-order valence-corrected chi connectivity index (χ1v) is 12.2. The van der Waals surface area contributed by atoms with Crippen LogP contribution in [0.5, 0.6) is 0 Å². The maximum atomic E-state index is 13.3. The van der Waals surface area contributed by atoms with Gasteiger partial charge in [-0.2, -0.15) is 4.98 Å². The van der Waals surface area contributed by atoms with Crippen molar-refractivity contribution >= 4 is 11.6 Å². The molecule has 1 aliphatic rings. The number of amides is 2. The van der Waals surface area contributed by atoms with Crippen LogP contribution in [0.25, 0.3) is 17.0 Å². The van der Waals surface area contributed by atoms with Gasteiger partial charge in [-0.1, -0.05) is 83.5 Å². The van der Waals surface area contributed by atoms with Gasteiger partial charge in [0, 0.05) is 17.8 Å². The minimum Gasteiger partial charge on any atom is -0.334 e. The molecule has 1 aromatic heterocycles. The fourth-order valence-corrected chi connectivity index (χ4v) is 4.56. The predicted octanol–water partition coefficient (Wildman–Crippen LogP) is 6.40. The van der Waals surface area contributed by atoms with Crippen molar-refractivity contribution in [1.29, 1.82) is 0 Å². The van der Waals surface area contributed by atoms with Crippen LogP contribution in [0.15, 0.2) is 83.0 Å². The van der Waals surface area contributed by atoms with Gasteiger partial charge in [0.1, 0.15) is 0 Å². The third-order valence-electron chi connectivity index (χ3n) is 6.89. The smallest absolute Gasteiger partial charge is 0.322 e. The number of hydrogen-bond acceptors (Lipinski definition) is 4. The van der Waals surface area contributed by atoms with E-state index in [2.05, 4.69) is 54.7 Å². The number of aryl methyl sites for hydroxylation is 3. The van der Waals surface area contributed by atoms with Crippen LogP contribution < -0.4 is 5.32 Å². The average Bonchev–Trinajstić information content (AvgIpc) is 3.36. The molecule has 0 radical (unpaired) electrons. The number of nitrogens with zero attached hydrogens (tertiary/aromatic N) is 3. The third kappa shape index (κ3) is 4.67. The lowest BCUT2D eigenvalue weighted by atomic mass is 9.92. The number of benzene rings is 3. The molecule has 1 atom stereocenters. The molecule has 36 heavy (non-hydrogen) atoms.